The summed E-state index contributed by atoms with van der Waals surface area (Å²) in [6.07, 6.45) is 0.482. The molecule has 1 atom stereocenters. The van der Waals surface area contributed by atoms with Gasteiger partial charge in [0.25, 0.3) is 5.91 Å². The monoisotopic (exact) mass is 373 g/mol. The average molecular weight is 375 g/mol. The predicted octanol–water partition coefficient (Wildman–Crippen LogP) is 3.68. The first-order valence-corrected chi connectivity index (χ1v) is 7.93. The molecule has 21 heavy (non-hydrogen) atoms. The Morgan fingerprint density at radius 2 is 2.10 bits per heavy atom. The maximum Gasteiger partial charge on any atom is 0.311 e. The molecule has 0 saturated carbocycles. The van der Waals surface area contributed by atoms with Crippen LogP contribution in [0.25, 0.3) is 0 Å². The van der Waals surface area contributed by atoms with Crippen LogP contribution in [0.1, 0.15) is 30.6 Å². The fourth-order valence-corrected chi connectivity index (χ4v) is 3.14. The van der Waals surface area contributed by atoms with E-state index in [0.29, 0.717) is 23.6 Å². The minimum atomic E-state index is -0.852. The number of rotatable bonds is 3. The van der Waals surface area contributed by atoms with Gasteiger partial charge in [0.2, 0.25) is 0 Å². The summed E-state index contributed by atoms with van der Waals surface area (Å²) in [5.41, 5.74) is -0.373. The van der Waals surface area contributed by atoms with Gasteiger partial charge >= 0.3 is 5.97 Å². The Morgan fingerprint density at radius 1 is 1.43 bits per heavy atom. The second kappa shape index (κ2) is 5.97. The number of carbonyl (C=O) groups is 2. The number of carbonyl (C=O) groups excluding carboxylic acids is 1. The standard InChI is InChI=1S/C15H17BrClNO3/c1-9(2)15(14(20)21)5-6-18(8-15)13(19)10-3-4-11(16)12(17)7-10/h3-4,7,9H,5-6,8H2,1-2H3,(H,20,21). The molecular formula is C15H17BrClNO3. The number of halogens is 2. The molecular weight excluding hydrogens is 358 g/mol. The van der Waals surface area contributed by atoms with Crippen molar-refractivity contribution in [1.29, 1.82) is 0 Å². The third-order valence-corrected chi connectivity index (χ3v) is 5.52. The van der Waals surface area contributed by atoms with Crippen molar-refractivity contribution in [3.8, 4) is 0 Å². The van der Waals surface area contributed by atoms with Crippen molar-refractivity contribution in [3.05, 3.63) is 33.3 Å². The molecule has 114 valence electrons. The molecule has 0 spiro atoms. The van der Waals surface area contributed by atoms with E-state index in [9.17, 15) is 14.7 Å². The van der Waals surface area contributed by atoms with Gasteiger partial charge in [0, 0.05) is 23.1 Å². The fraction of sp³-hybridized carbons (Fsp3) is 0.467. The number of hydrogen-bond donors (Lipinski definition) is 1. The summed E-state index contributed by atoms with van der Waals surface area (Å²) in [6, 6.07) is 5.01. The second-order valence-electron chi connectivity index (χ2n) is 5.72. The third-order valence-electron chi connectivity index (χ3n) is 4.29. The number of aliphatic carboxylic acids is 1. The van der Waals surface area contributed by atoms with Crippen molar-refractivity contribution < 1.29 is 14.7 Å². The van der Waals surface area contributed by atoms with E-state index >= 15 is 0 Å². The molecule has 0 radical (unpaired) electrons. The number of amides is 1. The lowest BCUT2D eigenvalue weighted by atomic mass is 9.76. The van der Waals surface area contributed by atoms with Gasteiger partial charge in [0.15, 0.2) is 0 Å². The van der Waals surface area contributed by atoms with Crippen molar-refractivity contribution in [2.45, 2.75) is 20.3 Å². The quantitative estimate of drug-likeness (QED) is 0.878. The van der Waals surface area contributed by atoms with E-state index in [1.807, 2.05) is 13.8 Å². The maximum atomic E-state index is 12.5. The lowest BCUT2D eigenvalue weighted by Crippen LogP contribution is -2.40. The number of nitrogens with zero attached hydrogens (tertiary/aromatic N) is 1. The van der Waals surface area contributed by atoms with E-state index in [1.165, 1.54) is 0 Å². The molecule has 1 unspecified atom stereocenters. The Bertz CT molecular complexity index is 590. The normalized spacial score (nSPS) is 21.9. The Balaban J connectivity index is 2.22. The van der Waals surface area contributed by atoms with Crippen LogP contribution in [0, 0.1) is 11.3 Å². The van der Waals surface area contributed by atoms with E-state index in [1.54, 1.807) is 23.1 Å². The molecule has 1 aliphatic heterocycles. The van der Waals surface area contributed by atoms with Crippen LogP contribution in [0.3, 0.4) is 0 Å². The molecule has 1 aliphatic rings. The summed E-state index contributed by atoms with van der Waals surface area (Å²) in [5, 5.41) is 9.99. The van der Waals surface area contributed by atoms with Crippen LogP contribution in [0.5, 0.6) is 0 Å². The van der Waals surface area contributed by atoms with Crippen LogP contribution in [0.2, 0.25) is 5.02 Å². The topological polar surface area (TPSA) is 57.6 Å². The Hall–Kier alpha value is -1.07. The number of hydrogen-bond acceptors (Lipinski definition) is 2. The van der Waals surface area contributed by atoms with E-state index < -0.39 is 11.4 Å². The second-order valence-corrected chi connectivity index (χ2v) is 6.98. The van der Waals surface area contributed by atoms with Crippen molar-refractivity contribution >= 4 is 39.4 Å². The lowest BCUT2D eigenvalue weighted by Gasteiger charge is -2.28. The van der Waals surface area contributed by atoms with E-state index in [0.717, 1.165) is 4.47 Å². The smallest absolute Gasteiger partial charge is 0.311 e. The Morgan fingerprint density at radius 3 is 2.57 bits per heavy atom. The van der Waals surface area contributed by atoms with Gasteiger partial charge in [0.05, 0.1) is 10.4 Å². The first kappa shape index (κ1) is 16.3. The summed E-state index contributed by atoms with van der Waals surface area (Å²) in [6.45, 7) is 4.47. The van der Waals surface area contributed by atoms with Crippen molar-refractivity contribution in [1.82, 2.24) is 4.90 Å². The van der Waals surface area contributed by atoms with Crippen LogP contribution in [-0.4, -0.2) is 35.0 Å². The van der Waals surface area contributed by atoms with Gasteiger partial charge in [-0.05, 0) is 46.5 Å². The van der Waals surface area contributed by atoms with E-state index in [2.05, 4.69) is 15.9 Å². The van der Waals surface area contributed by atoms with Crippen LogP contribution >= 0.6 is 27.5 Å². The number of benzene rings is 1. The highest BCUT2D eigenvalue weighted by atomic mass is 79.9. The molecule has 1 aromatic carbocycles. The molecule has 0 aliphatic carbocycles. The van der Waals surface area contributed by atoms with Gasteiger partial charge in [-0.3, -0.25) is 9.59 Å². The first-order chi connectivity index (χ1) is 9.78. The lowest BCUT2D eigenvalue weighted by molar-refractivity contribution is -0.150. The minimum Gasteiger partial charge on any atom is -0.481 e. The van der Waals surface area contributed by atoms with E-state index in [4.69, 9.17) is 11.6 Å². The molecule has 0 aromatic heterocycles. The number of carboxylic acids is 1. The summed E-state index contributed by atoms with van der Waals surface area (Å²) >= 11 is 9.29. The Labute approximate surface area is 137 Å². The third kappa shape index (κ3) is 2.94. The van der Waals surface area contributed by atoms with Gasteiger partial charge in [-0.15, -0.1) is 0 Å². The zero-order valence-corrected chi connectivity index (χ0v) is 14.2. The highest BCUT2D eigenvalue weighted by Crippen LogP contribution is 2.38. The van der Waals surface area contributed by atoms with E-state index in [-0.39, 0.29) is 18.4 Å². The largest absolute Gasteiger partial charge is 0.481 e. The van der Waals surface area contributed by atoms with Crippen LogP contribution < -0.4 is 0 Å². The number of carboxylic acid groups (broad SMARTS) is 1. The van der Waals surface area contributed by atoms with Gasteiger partial charge in [-0.1, -0.05) is 25.4 Å². The fourth-order valence-electron chi connectivity index (χ4n) is 2.71. The molecule has 1 amide bonds. The molecule has 2 rings (SSSR count). The summed E-state index contributed by atoms with van der Waals surface area (Å²) in [7, 11) is 0. The molecule has 1 heterocycles. The molecule has 1 fully saturated rings. The zero-order valence-electron chi connectivity index (χ0n) is 11.9. The first-order valence-electron chi connectivity index (χ1n) is 6.75. The summed E-state index contributed by atoms with van der Waals surface area (Å²) in [5.74, 6) is -1.03. The summed E-state index contributed by atoms with van der Waals surface area (Å²) < 4.78 is 0.726. The molecule has 1 N–H and O–H groups in total. The average Bonchev–Trinajstić information content (AvgIpc) is 2.87. The highest BCUT2D eigenvalue weighted by molar-refractivity contribution is 9.10. The van der Waals surface area contributed by atoms with Gasteiger partial charge in [-0.2, -0.15) is 0 Å². The minimum absolute atomic E-state index is 0.0266. The molecule has 1 saturated heterocycles. The molecule has 4 nitrogen and oxygen atoms in total. The van der Waals surface area contributed by atoms with Crippen LogP contribution in [0.15, 0.2) is 22.7 Å². The van der Waals surface area contributed by atoms with Crippen LogP contribution in [-0.2, 0) is 4.79 Å². The maximum absolute atomic E-state index is 12.5. The highest BCUT2D eigenvalue weighted by Gasteiger charge is 2.48. The number of likely N-dealkylation sites (tertiary alicyclic amines) is 1. The molecule has 6 heteroatoms. The van der Waals surface area contributed by atoms with Gasteiger partial charge in [-0.25, -0.2) is 0 Å². The molecule has 1 aromatic rings. The van der Waals surface area contributed by atoms with Gasteiger partial charge in [0.1, 0.15) is 0 Å². The zero-order chi connectivity index (χ0) is 15.8. The molecule has 0 bridgehead atoms. The summed E-state index contributed by atoms with van der Waals surface area (Å²) in [4.78, 5) is 25.7. The predicted molar refractivity (Wildman–Crippen MR) is 84.6 cm³/mol. The van der Waals surface area contributed by atoms with Crippen molar-refractivity contribution in [2.75, 3.05) is 13.1 Å². The SMILES string of the molecule is CC(C)C1(C(=O)O)CCN(C(=O)c2ccc(Br)c(Cl)c2)C1. The van der Waals surface area contributed by atoms with Crippen LogP contribution in [0.4, 0.5) is 0 Å². The van der Waals surface area contributed by atoms with Gasteiger partial charge < -0.3 is 10.0 Å². The Kier molecular flexibility index (Phi) is 4.63. The van der Waals surface area contributed by atoms with Crippen molar-refractivity contribution in [2.24, 2.45) is 11.3 Å². The van der Waals surface area contributed by atoms with Crippen molar-refractivity contribution in [3.63, 3.8) is 0 Å².